The van der Waals surface area contributed by atoms with Crippen molar-refractivity contribution in [2.24, 2.45) is 0 Å². The molecule has 0 aliphatic rings. The van der Waals surface area contributed by atoms with Crippen molar-refractivity contribution in [3.8, 4) is 0 Å². The number of hydrogen-bond donors (Lipinski definition) is 1. The number of carbonyl (C=O) groups excluding carboxylic acids is 2. The molecule has 0 aliphatic heterocycles. The van der Waals surface area contributed by atoms with Gasteiger partial charge in [0.15, 0.2) is 0 Å². The van der Waals surface area contributed by atoms with Gasteiger partial charge < -0.3 is 10.2 Å². The Morgan fingerprint density at radius 2 is 1.66 bits per heavy atom. The molecule has 2 atom stereocenters. The predicted octanol–water partition coefficient (Wildman–Crippen LogP) is 5.16. The number of alkyl halides is 3. The van der Waals surface area contributed by atoms with Crippen LogP contribution in [0.15, 0.2) is 42.5 Å². The number of carbonyl (C=O) groups is 2. The Balaban J connectivity index is 2.52. The van der Waals surface area contributed by atoms with Crippen molar-refractivity contribution in [2.45, 2.75) is 65.3 Å². The molecule has 2 rings (SSSR count). The quantitative estimate of drug-likeness (QED) is 0.401. The second-order valence-electron chi connectivity index (χ2n) is 9.18. The maximum absolute atomic E-state index is 13.6. The number of nitrogens with zero attached hydrogens (tertiary/aromatic N) is 2. The summed E-state index contributed by atoms with van der Waals surface area (Å²) in [4.78, 5) is 28.0. The number of halogens is 4. The smallest absolute Gasteiger partial charge is 0.352 e. The van der Waals surface area contributed by atoms with Crippen molar-refractivity contribution in [1.82, 2.24) is 10.2 Å². The fourth-order valence-corrected chi connectivity index (χ4v) is 4.82. The van der Waals surface area contributed by atoms with E-state index in [0.717, 1.165) is 24.0 Å². The molecule has 7 nitrogen and oxygen atoms in total. The number of sulfonamides is 1. The van der Waals surface area contributed by atoms with Crippen LogP contribution in [0.5, 0.6) is 0 Å². The Hall–Kier alpha value is -2.79. The number of nitrogens with one attached hydrogen (secondary N) is 1. The number of benzene rings is 2. The standard InChI is InChI=1S/C26H33ClF3N3O4S/c1-6-18(4)31-25(35)23(7-2)32(15-19-10-8-17(3)9-11-19)24(34)16-33(38(5,36)37)20-12-13-22(27)21(14-20)26(28,29)30/h8-14,18,23H,6-7,15-16H2,1-5H3,(H,31,35)/t18-,23-/m1/s1. The van der Waals surface area contributed by atoms with Crippen molar-refractivity contribution >= 4 is 39.1 Å². The molecule has 0 radical (unpaired) electrons. The zero-order valence-electron chi connectivity index (χ0n) is 22.0. The first kappa shape index (κ1) is 31.4. The third-order valence-electron chi connectivity index (χ3n) is 6.08. The number of anilines is 1. The van der Waals surface area contributed by atoms with Gasteiger partial charge in [-0.1, -0.05) is 55.3 Å². The first-order valence-corrected chi connectivity index (χ1v) is 14.3. The summed E-state index contributed by atoms with van der Waals surface area (Å²) in [5, 5.41) is 2.25. The number of amides is 2. The van der Waals surface area contributed by atoms with E-state index in [1.54, 1.807) is 19.1 Å². The number of aryl methyl sites for hydroxylation is 1. The van der Waals surface area contributed by atoms with Gasteiger partial charge in [-0.05, 0) is 50.5 Å². The van der Waals surface area contributed by atoms with E-state index < -0.39 is 51.2 Å². The van der Waals surface area contributed by atoms with Crippen LogP contribution in [-0.2, 0) is 32.3 Å². The molecule has 0 aliphatic carbocycles. The molecule has 0 fully saturated rings. The lowest BCUT2D eigenvalue weighted by Gasteiger charge is -2.33. The van der Waals surface area contributed by atoms with Crippen LogP contribution in [0.4, 0.5) is 18.9 Å². The summed E-state index contributed by atoms with van der Waals surface area (Å²) in [7, 11) is -4.20. The lowest BCUT2D eigenvalue weighted by atomic mass is 10.1. The highest BCUT2D eigenvalue weighted by Crippen LogP contribution is 2.37. The normalized spacial score (nSPS) is 13.5. The number of rotatable bonds is 11. The molecule has 2 aromatic carbocycles. The molecule has 210 valence electrons. The molecular formula is C26H33ClF3N3O4S. The van der Waals surface area contributed by atoms with Crippen LogP contribution in [0.2, 0.25) is 5.02 Å². The van der Waals surface area contributed by atoms with E-state index in [4.69, 9.17) is 11.6 Å². The molecule has 1 N–H and O–H groups in total. The van der Waals surface area contributed by atoms with E-state index in [1.807, 2.05) is 32.9 Å². The third kappa shape index (κ3) is 8.36. The first-order valence-electron chi connectivity index (χ1n) is 12.1. The Morgan fingerprint density at radius 1 is 1.05 bits per heavy atom. The molecule has 0 spiro atoms. The van der Waals surface area contributed by atoms with E-state index >= 15 is 0 Å². The summed E-state index contributed by atoms with van der Waals surface area (Å²) in [5.74, 6) is -1.15. The summed E-state index contributed by atoms with van der Waals surface area (Å²) < 4.78 is 66.2. The van der Waals surface area contributed by atoms with Crippen molar-refractivity contribution in [3.63, 3.8) is 0 Å². The van der Waals surface area contributed by atoms with Crippen molar-refractivity contribution in [1.29, 1.82) is 0 Å². The van der Waals surface area contributed by atoms with Crippen LogP contribution in [-0.4, -0.2) is 50.0 Å². The van der Waals surface area contributed by atoms with E-state index in [0.29, 0.717) is 22.4 Å². The van der Waals surface area contributed by atoms with Crippen LogP contribution >= 0.6 is 11.6 Å². The van der Waals surface area contributed by atoms with Gasteiger partial charge in [0, 0.05) is 12.6 Å². The number of hydrogen-bond acceptors (Lipinski definition) is 4. The average molecular weight is 576 g/mol. The van der Waals surface area contributed by atoms with Crippen LogP contribution in [0, 0.1) is 6.92 Å². The van der Waals surface area contributed by atoms with Gasteiger partial charge >= 0.3 is 6.18 Å². The van der Waals surface area contributed by atoms with Crippen LogP contribution in [0.3, 0.4) is 0 Å². The van der Waals surface area contributed by atoms with Gasteiger partial charge in [-0.25, -0.2) is 8.42 Å². The van der Waals surface area contributed by atoms with Gasteiger partial charge in [0.1, 0.15) is 12.6 Å². The van der Waals surface area contributed by atoms with Crippen LogP contribution in [0.1, 0.15) is 50.3 Å². The molecule has 12 heteroatoms. The molecule has 2 aromatic rings. The van der Waals surface area contributed by atoms with E-state index in [-0.39, 0.29) is 24.7 Å². The zero-order chi connectivity index (χ0) is 28.8. The van der Waals surface area contributed by atoms with E-state index in [1.165, 1.54) is 4.90 Å². The Labute approximate surface area is 227 Å². The maximum Gasteiger partial charge on any atom is 0.417 e. The van der Waals surface area contributed by atoms with Gasteiger partial charge in [0.25, 0.3) is 0 Å². The molecule has 0 bridgehead atoms. The minimum Gasteiger partial charge on any atom is -0.352 e. The summed E-state index contributed by atoms with van der Waals surface area (Å²) in [6.45, 7) is 6.52. The van der Waals surface area contributed by atoms with Crippen LogP contribution < -0.4 is 9.62 Å². The fraction of sp³-hybridized carbons (Fsp3) is 0.462. The molecule has 0 unspecified atom stereocenters. The average Bonchev–Trinajstić information content (AvgIpc) is 2.82. The summed E-state index contributed by atoms with van der Waals surface area (Å²) in [6, 6.07) is 8.79. The van der Waals surface area contributed by atoms with E-state index in [2.05, 4.69) is 5.32 Å². The van der Waals surface area contributed by atoms with Crippen molar-refractivity contribution in [3.05, 3.63) is 64.2 Å². The SMILES string of the molecule is CC[C@@H](C)NC(=O)[C@@H](CC)N(Cc1ccc(C)cc1)C(=O)CN(c1ccc(Cl)c(C(F)(F)F)c1)S(C)(=O)=O. The first-order chi connectivity index (χ1) is 17.6. The molecular weight excluding hydrogens is 543 g/mol. The summed E-state index contributed by atoms with van der Waals surface area (Å²) >= 11 is 5.70. The highest BCUT2D eigenvalue weighted by molar-refractivity contribution is 7.92. The molecule has 0 saturated heterocycles. The molecule has 0 saturated carbocycles. The maximum atomic E-state index is 13.6. The second-order valence-corrected chi connectivity index (χ2v) is 11.5. The van der Waals surface area contributed by atoms with E-state index in [9.17, 15) is 31.2 Å². The third-order valence-corrected chi connectivity index (χ3v) is 7.55. The molecule has 0 aromatic heterocycles. The lowest BCUT2D eigenvalue weighted by molar-refractivity contribution is -0.140. The zero-order valence-corrected chi connectivity index (χ0v) is 23.5. The highest BCUT2D eigenvalue weighted by atomic mass is 35.5. The Kier molecular flexibility index (Phi) is 10.6. The van der Waals surface area contributed by atoms with Gasteiger partial charge in [-0.15, -0.1) is 0 Å². The lowest BCUT2D eigenvalue weighted by Crippen LogP contribution is -2.53. The van der Waals surface area contributed by atoms with Gasteiger partial charge in [0.05, 0.1) is 22.5 Å². The fourth-order valence-electron chi connectivity index (χ4n) is 3.75. The second kappa shape index (κ2) is 12.8. The van der Waals surface area contributed by atoms with Gasteiger partial charge in [-0.3, -0.25) is 13.9 Å². The molecule has 0 heterocycles. The minimum atomic E-state index is -4.83. The van der Waals surface area contributed by atoms with Crippen molar-refractivity contribution in [2.75, 3.05) is 17.1 Å². The minimum absolute atomic E-state index is 0.00241. The predicted molar refractivity (Wildman–Crippen MR) is 142 cm³/mol. The van der Waals surface area contributed by atoms with Crippen molar-refractivity contribution < 1.29 is 31.2 Å². The Morgan fingerprint density at radius 3 is 2.16 bits per heavy atom. The monoisotopic (exact) mass is 575 g/mol. The largest absolute Gasteiger partial charge is 0.417 e. The summed E-state index contributed by atoms with van der Waals surface area (Å²) in [5.41, 5.74) is 0.0914. The topological polar surface area (TPSA) is 86.8 Å². The Bertz CT molecular complexity index is 1240. The van der Waals surface area contributed by atoms with Gasteiger partial charge in [-0.2, -0.15) is 13.2 Å². The molecule has 38 heavy (non-hydrogen) atoms. The summed E-state index contributed by atoms with van der Waals surface area (Å²) in [6.07, 6.45) is -3.15. The van der Waals surface area contributed by atoms with Gasteiger partial charge in [0.2, 0.25) is 21.8 Å². The highest BCUT2D eigenvalue weighted by Gasteiger charge is 2.36. The van der Waals surface area contributed by atoms with Crippen LogP contribution in [0.25, 0.3) is 0 Å². The molecule has 2 amide bonds.